The summed E-state index contributed by atoms with van der Waals surface area (Å²) in [5.41, 5.74) is 2.82. The first-order chi connectivity index (χ1) is 14.6. The highest BCUT2D eigenvalue weighted by Crippen LogP contribution is 2.31. The van der Waals surface area contributed by atoms with Gasteiger partial charge in [0.25, 0.3) is 5.91 Å². The summed E-state index contributed by atoms with van der Waals surface area (Å²) in [6, 6.07) is 8.26. The number of aromatic nitrogens is 3. The van der Waals surface area contributed by atoms with Crippen LogP contribution in [0.5, 0.6) is 0 Å². The molecule has 1 aliphatic heterocycles. The van der Waals surface area contributed by atoms with E-state index in [9.17, 15) is 4.79 Å². The molecular weight excluding hydrogens is 398 g/mol. The molecule has 1 fully saturated rings. The Kier molecular flexibility index (Phi) is 6.46. The molecule has 7 nitrogen and oxygen atoms in total. The number of carbonyl (C=O) groups excluding carboxylic acids is 1. The Hall–Kier alpha value is -2.29. The van der Waals surface area contributed by atoms with Gasteiger partial charge in [0.05, 0.1) is 23.4 Å². The van der Waals surface area contributed by atoms with Gasteiger partial charge in [-0.3, -0.25) is 19.3 Å². The van der Waals surface area contributed by atoms with Crippen LogP contribution in [-0.2, 0) is 11.2 Å². The van der Waals surface area contributed by atoms with Crippen molar-refractivity contribution in [3.05, 3.63) is 41.7 Å². The molecule has 3 aromatic rings. The minimum atomic E-state index is -0.0516. The lowest BCUT2D eigenvalue weighted by molar-refractivity contribution is 0.0391. The van der Waals surface area contributed by atoms with Crippen LogP contribution in [0.25, 0.3) is 10.2 Å². The molecule has 3 heterocycles. The van der Waals surface area contributed by atoms with E-state index in [0.717, 1.165) is 54.6 Å². The van der Waals surface area contributed by atoms with Gasteiger partial charge < -0.3 is 4.74 Å². The number of benzene rings is 1. The first kappa shape index (κ1) is 21.0. The van der Waals surface area contributed by atoms with E-state index in [4.69, 9.17) is 9.72 Å². The van der Waals surface area contributed by atoms with Crippen molar-refractivity contribution in [1.29, 1.82) is 0 Å². The summed E-state index contributed by atoms with van der Waals surface area (Å²) in [6.45, 7) is 10.9. The molecule has 30 heavy (non-hydrogen) atoms. The van der Waals surface area contributed by atoms with Gasteiger partial charge in [-0.15, -0.1) is 0 Å². The molecule has 1 aromatic carbocycles. The third kappa shape index (κ3) is 4.40. The SMILES string of the molecule is CCc1ccc2nc(N(CCN3CCOCC3)C(=O)c3ccnn3C(C)C)sc2c1. The van der Waals surface area contributed by atoms with Gasteiger partial charge in [0.2, 0.25) is 0 Å². The van der Waals surface area contributed by atoms with Crippen LogP contribution in [0.2, 0.25) is 0 Å². The van der Waals surface area contributed by atoms with E-state index in [-0.39, 0.29) is 11.9 Å². The van der Waals surface area contributed by atoms with E-state index in [2.05, 4.69) is 35.1 Å². The number of carbonyl (C=O) groups is 1. The number of aryl methyl sites for hydroxylation is 1. The Morgan fingerprint density at radius 1 is 1.27 bits per heavy atom. The summed E-state index contributed by atoms with van der Waals surface area (Å²) in [6.07, 6.45) is 2.68. The second kappa shape index (κ2) is 9.24. The molecule has 0 spiro atoms. The van der Waals surface area contributed by atoms with Crippen molar-refractivity contribution in [2.24, 2.45) is 0 Å². The topological polar surface area (TPSA) is 63.5 Å². The Morgan fingerprint density at radius 2 is 2.07 bits per heavy atom. The average Bonchev–Trinajstić information content (AvgIpc) is 3.41. The molecule has 8 heteroatoms. The normalized spacial score (nSPS) is 15.2. The molecule has 1 saturated heterocycles. The highest BCUT2D eigenvalue weighted by Gasteiger charge is 2.26. The van der Waals surface area contributed by atoms with E-state index >= 15 is 0 Å². The second-order valence-electron chi connectivity index (χ2n) is 7.82. The van der Waals surface area contributed by atoms with Crippen LogP contribution in [0.4, 0.5) is 5.13 Å². The summed E-state index contributed by atoms with van der Waals surface area (Å²) in [5.74, 6) is -0.0516. The van der Waals surface area contributed by atoms with E-state index in [0.29, 0.717) is 12.2 Å². The molecule has 4 rings (SSSR count). The van der Waals surface area contributed by atoms with Gasteiger partial charge in [-0.1, -0.05) is 24.3 Å². The Bertz CT molecular complexity index is 1010. The molecule has 1 amide bonds. The summed E-state index contributed by atoms with van der Waals surface area (Å²) in [4.78, 5) is 22.6. The molecule has 160 valence electrons. The smallest absolute Gasteiger partial charge is 0.278 e. The van der Waals surface area contributed by atoms with Crippen molar-refractivity contribution >= 4 is 32.6 Å². The van der Waals surface area contributed by atoms with Gasteiger partial charge in [0.1, 0.15) is 5.69 Å². The summed E-state index contributed by atoms with van der Waals surface area (Å²) < 4.78 is 8.36. The number of morpholine rings is 1. The van der Waals surface area contributed by atoms with Crippen molar-refractivity contribution < 1.29 is 9.53 Å². The third-order valence-electron chi connectivity index (χ3n) is 5.45. The molecule has 1 aliphatic rings. The quantitative estimate of drug-likeness (QED) is 0.576. The molecule has 0 N–H and O–H groups in total. The maximum atomic E-state index is 13.6. The minimum absolute atomic E-state index is 0.0516. The summed E-state index contributed by atoms with van der Waals surface area (Å²) >= 11 is 1.58. The number of anilines is 1. The lowest BCUT2D eigenvalue weighted by atomic mass is 10.2. The summed E-state index contributed by atoms with van der Waals surface area (Å²) in [7, 11) is 0. The van der Waals surface area contributed by atoms with Crippen LogP contribution >= 0.6 is 11.3 Å². The van der Waals surface area contributed by atoms with Gasteiger partial charge in [0, 0.05) is 38.4 Å². The molecule has 0 aliphatic carbocycles. The lowest BCUT2D eigenvalue weighted by Crippen LogP contribution is -2.43. The highest BCUT2D eigenvalue weighted by molar-refractivity contribution is 7.22. The first-order valence-corrected chi connectivity index (χ1v) is 11.4. The second-order valence-corrected chi connectivity index (χ2v) is 8.83. The monoisotopic (exact) mass is 427 g/mol. The molecule has 0 saturated carbocycles. The van der Waals surface area contributed by atoms with Gasteiger partial charge in [-0.2, -0.15) is 5.10 Å². The number of hydrogen-bond acceptors (Lipinski definition) is 6. The molecule has 0 bridgehead atoms. The fourth-order valence-electron chi connectivity index (χ4n) is 3.68. The third-order valence-corrected chi connectivity index (χ3v) is 6.49. The van der Waals surface area contributed by atoms with Crippen molar-refractivity contribution in [1.82, 2.24) is 19.7 Å². The van der Waals surface area contributed by atoms with Crippen LogP contribution in [0, 0.1) is 0 Å². The molecule has 0 atom stereocenters. The standard InChI is InChI=1S/C22H29N5O2S/c1-4-17-5-6-18-20(15-17)30-22(24-18)26(10-9-25-11-13-29-14-12-25)21(28)19-7-8-23-27(19)16(2)3/h5-8,15-16H,4,9-14H2,1-3H3. The number of nitrogens with zero attached hydrogens (tertiary/aromatic N) is 5. The van der Waals surface area contributed by atoms with Gasteiger partial charge in [-0.05, 0) is 44.0 Å². The lowest BCUT2D eigenvalue weighted by Gasteiger charge is -2.29. The number of fused-ring (bicyclic) bond motifs is 1. The van der Waals surface area contributed by atoms with Gasteiger partial charge in [-0.25, -0.2) is 4.98 Å². The van der Waals surface area contributed by atoms with Crippen LogP contribution in [0.3, 0.4) is 0 Å². The number of amides is 1. The molecule has 0 unspecified atom stereocenters. The maximum absolute atomic E-state index is 13.6. The van der Waals surface area contributed by atoms with Crippen molar-refractivity contribution in [2.75, 3.05) is 44.3 Å². The fourth-order valence-corrected chi connectivity index (χ4v) is 4.73. The van der Waals surface area contributed by atoms with Crippen molar-refractivity contribution in [3.63, 3.8) is 0 Å². The molecular formula is C22H29N5O2S. The first-order valence-electron chi connectivity index (χ1n) is 10.6. The van der Waals surface area contributed by atoms with Gasteiger partial charge >= 0.3 is 0 Å². The number of rotatable bonds is 7. The zero-order chi connectivity index (χ0) is 21.1. The molecule has 2 aromatic heterocycles. The Balaban J connectivity index is 1.65. The Morgan fingerprint density at radius 3 is 2.80 bits per heavy atom. The highest BCUT2D eigenvalue weighted by atomic mass is 32.1. The maximum Gasteiger partial charge on any atom is 0.278 e. The zero-order valence-electron chi connectivity index (χ0n) is 17.9. The number of hydrogen-bond donors (Lipinski definition) is 0. The minimum Gasteiger partial charge on any atom is -0.379 e. The van der Waals surface area contributed by atoms with Crippen LogP contribution < -0.4 is 4.90 Å². The van der Waals surface area contributed by atoms with Gasteiger partial charge in [0.15, 0.2) is 5.13 Å². The van der Waals surface area contributed by atoms with Crippen LogP contribution in [0.15, 0.2) is 30.5 Å². The predicted octanol–water partition coefficient (Wildman–Crippen LogP) is 3.62. The number of thiazole rings is 1. The molecule has 0 radical (unpaired) electrons. The largest absolute Gasteiger partial charge is 0.379 e. The Labute approximate surface area is 181 Å². The van der Waals surface area contributed by atoms with Crippen molar-refractivity contribution in [3.8, 4) is 0 Å². The van der Waals surface area contributed by atoms with E-state index in [1.807, 2.05) is 18.7 Å². The van der Waals surface area contributed by atoms with E-state index in [1.54, 1.807) is 28.3 Å². The van der Waals surface area contributed by atoms with E-state index < -0.39 is 0 Å². The van der Waals surface area contributed by atoms with Crippen LogP contribution in [0.1, 0.15) is 42.9 Å². The van der Waals surface area contributed by atoms with E-state index in [1.165, 1.54) is 5.56 Å². The zero-order valence-corrected chi connectivity index (χ0v) is 18.7. The average molecular weight is 428 g/mol. The fraction of sp³-hybridized carbons (Fsp3) is 0.500. The van der Waals surface area contributed by atoms with Crippen molar-refractivity contribution in [2.45, 2.75) is 33.2 Å². The predicted molar refractivity (Wildman–Crippen MR) is 121 cm³/mol. The number of ether oxygens (including phenoxy) is 1. The van der Waals surface area contributed by atoms with Crippen LogP contribution in [-0.4, -0.2) is 65.0 Å². The summed E-state index contributed by atoms with van der Waals surface area (Å²) in [5, 5.41) is 5.10.